The van der Waals surface area contributed by atoms with Crippen molar-refractivity contribution in [1.29, 1.82) is 0 Å². The maximum atomic E-state index is 14.5. The summed E-state index contributed by atoms with van der Waals surface area (Å²) < 4.78 is 31.1. The summed E-state index contributed by atoms with van der Waals surface area (Å²) in [4.78, 5) is 25.5. The number of halogens is 1. The Morgan fingerprint density at radius 1 is 1.19 bits per heavy atom. The van der Waals surface area contributed by atoms with Gasteiger partial charge in [0, 0.05) is 11.6 Å². The van der Waals surface area contributed by atoms with E-state index in [2.05, 4.69) is 34.7 Å². The summed E-state index contributed by atoms with van der Waals surface area (Å²) in [5.74, 6) is 0.721. The van der Waals surface area contributed by atoms with Crippen molar-refractivity contribution >= 4 is 12.0 Å². The number of pyridine rings is 1. The molecule has 0 spiro atoms. The van der Waals surface area contributed by atoms with E-state index in [1.54, 1.807) is 12.3 Å². The normalized spacial score (nSPS) is 18.2. The van der Waals surface area contributed by atoms with Gasteiger partial charge >= 0.3 is 5.97 Å². The summed E-state index contributed by atoms with van der Waals surface area (Å²) in [7, 11) is 2.91. The molecule has 1 saturated carbocycles. The smallest absolute Gasteiger partial charge is 0.309 e. The molecule has 0 N–H and O–H groups in total. The van der Waals surface area contributed by atoms with Crippen molar-refractivity contribution in [3.8, 4) is 22.9 Å². The van der Waals surface area contributed by atoms with E-state index in [-0.39, 0.29) is 35.4 Å². The lowest BCUT2D eigenvalue weighted by molar-refractivity contribution is -0.145. The zero-order chi connectivity index (χ0) is 26.1. The van der Waals surface area contributed by atoms with Crippen LogP contribution < -0.4 is 9.47 Å². The molecule has 192 valence electrons. The molecule has 37 heavy (non-hydrogen) atoms. The van der Waals surface area contributed by atoms with E-state index >= 15 is 0 Å². The zero-order valence-electron chi connectivity index (χ0n) is 21.2. The highest BCUT2D eigenvalue weighted by Gasteiger charge is 2.39. The summed E-state index contributed by atoms with van der Waals surface area (Å²) in [5, 5.41) is 0. The van der Waals surface area contributed by atoms with Gasteiger partial charge < -0.3 is 14.2 Å². The Hall–Kier alpha value is -3.81. The molecular formula is C29H30FN3O4. The van der Waals surface area contributed by atoms with Gasteiger partial charge in [-0.15, -0.1) is 0 Å². The number of hydrogen-bond donors (Lipinski definition) is 0. The number of carbonyl (C=O) groups excluding carboxylic acids is 1. The molecule has 0 saturated heterocycles. The number of fused-ring (bicyclic) bond motifs is 1. The first kappa shape index (κ1) is 24.9. The van der Waals surface area contributed by atoms with Crippen LogP contribution in [0, 0.1) is 17.7 Å². The molecule has 2 aliphatic rings. The molecule has 0 bridgehead atoms. The second-order valence-electron chi connectivity index (χ2n) is 9.63. The highest BCUT2D eigenvalue weighted by molar-refractivity contribution is 5.73. The first-order valence-electron chi connectivity index (χ1n) is 12.5. The summed E-state index contributed by atoms with van der Waals surface area (Å²) in [6, 6.07) is 7.78. The third-order valence-corrected chi connectivity index (χ3v) is 7.30. The van der Waals surface area contributed by atoms with Crippen LogP contribution in [0.25, 0.3) is 17.3 Å². The number of aromatic nitrogens is 3. The van der Waals surface area contributed by atoms with Crippen molar-refractivity contribution in [3.63, 3.8) is 0 Å². The first-order chi connectivity index (χ1) is 17.9. The summed E-state index contributed by atoms with van der Waals surface area (Å²) in [6.45, 7) is 5.79. The molecule has 1 fully saturated rings. The molecule has 3 aromatic rings. The quantitative estimate of drug-likeness (QED) is 0.365. The average molecular weight is 504 g/mol. The lowest BCUT2D eigenvalue weighted by Crippen LogP contribution is -2.23. The third-order valence-electron chi connectivity index (χ3n) is 7.30. The van der Waals surface area contributed by atoms with Gasteiger partial charge in [0.25, 0.3) is 0 Å². The SMILES string of the molecule is C=Cc1nc(C2CCc3ccc([C@H](C4CC4)[C@H](C)C(=O)OC)cc3O2)cnc1-c1cc(OC)ncc1F. The van der Waals surface area contributed by atoms with Gasteiger partial charge in [0.1, 0.15) is 11.9 Å². The van der Waals surface area contributed by atoms with Gasteiger partial charge in [0.05, 0.1) is 49.6 Å². The van der Waals surface area contributed by atoms with Gasteiger partial charge in [-0.05, 0) is 60.8 Å². The van der Waals surface area contributed by atoms with Crippen LogP contribution >= 0.6 is 0 Å². The second-order valence-corrected chi connectivity index (χ2v) is 9.63. The molecule has 7 nitrogen and oxygen atoms in total. The van der Waals surface area contributed by atoms with E-state index in [0.29, 0.717) is 23.0 Å². The van der Waals surface area contributed by atoms with Crippen molar-refractivity contribution in [2.45, 2.75) is 44.6 Å². The Bertz CT molecular complexity index is 1340. The molecule has 1 aliphatic carbocycles. The number of benzene rings is 1. The monoisotopic (exact) mass is 503 g/mol. The van der Waals surface area contributed by atoms with E-state index in [9.17, 15) is 9.18 Å². The Labute approximate surface area is 215 Å². The van der Waals surface area contributed by atoms with Crippen LogP contribution in [0.5, 0.6) is 11.6 Å². The van der Waals surface area contributed by atoms with E-state index in [1.807, 2.05) is 6.92 Å². The van der Waals surface area contributed by atoms with Crippen LogP contribution in [0.15, 0.2) is 43.2 Å². The van der Waals surface area contributed by atoms with E-state index in [4.69, 9.17) is 19.2 Å². The van der Waals surface area contributed by atoms with Crippen LogP contribution in [0.4, 0.5) is 4.39 Å². The van der Waals surface area contributed by atoms with Crippen LogP contribution in [-0.2, 0) is 16.0 Å². The second kappa shape index (κ2) is 10.3. The maximum Gasteiger partial charge on any atom is 0.309 e. The summed E-state index contributed by atoms with van der Waals surface area (Å²) >= 11 is 0. The van der Waals surface area contributed by atoms with E-state index < -0.39 is 5.82 Å². The number of rotatable bonds is 8. The molecule has 1 aromatic carbocycles. The molecule has 3 heterocycles. The minimum atomic E-state index is -0.521. The lowest BCUT2D eigenvalue weighted by Gasteiger charge is -2.28. The highest BCUT2D eigenvalue weighted by Crippen LogP contribution is 2.48. The molecule has 5 rings (SSSR count). The number of carbonyl (C=O) groups is 1. The van der Waals surface area contributed by atoms with Gasteiger partial charge in [0.15, 0.2) is 5.82 Å². The van der Waals surface area contributed by atoms with Crippen LogP contribution in [-0.4, -0.2) is 35.1 Å². The highest BCUT2D eigenvalue weighted by atomic mass is 19.1. The van der Waals surface area contributed by atoms with Gasteiger partial charge in [-0.25, -0.2) is 14.4 Å². The number of hydrogen-bond acceptors (Lipinski definition) is 7. The van der Waals surface area contributed by atoms with Crippen molar-refractivity contribution in [3.05, 3.63) is 71.6 Å². The van der Waals surface area contributed by atoms with Gasteiger partial charge in [-0.3, -0.25) is 9.78 Å². The minimum absolute atomic E-state index is 0.0976. The van der Waals surface area contributed by atoms with Crippen molar-refractivity contribution in [2.75, 3.05) is 14.2 Å². The Morgan fingerprint density at radius 2 is 2.00 bits per heavy atom. The topological polar surface area (TPSA) is 83.4 Å². The number of nitrogens with zero attached hydrogens (tertiary/aromatic N) is 3. The molecule has 1 unspecified atom stereocenters. The fourth-order valence-corrected chi connectivity index (χ4v) is 5.19. The van der Waals surface area contributed by atoms with Gasteiger partial charge in [0.2, 0.25) is 5.88 Å². The van der Waals surface area contributed by atoms with Crippen LogP contribution in [0.2, 0.25) is 0 Å². The number of aryl methyl sites for hydroxylation is 1. The van der Waals surface area contributed by atoms with Gasteiger partial charge in [-0.1, -0.05) is 25.6 Å². The van der Waals surface area contributed by atoms with E-state index in [1.165, 1.54) is 20.3 Å². The van der Waals surface area contributed by atoms with Crippen LogP contribution in [0.1, 0.15) is 60.7 Å². The van der Waals surface area contributed by atoms with Crippen molar-refractivity contribution in [2.24, 2.45) is 11.8 Å². The van der Waals surface area contributed by atoms with Crippen LogP contribution in [0.3, 0.4) is 0 Å². The first-order valence-corrected chi connectivity index (χ1v) is 12.5. The lowest BCUT2D eigenvalue weighted by atomic mass is 9.82. The van der Waals surface area contributed by atoms with E-state index in [0.717, 1.165) is 48.8 Å². The molecule has 8 heteroatoms. The van der Waals surface area contributed by atoms with Crippen molar-refractivity contribution < 1.29 is 23.4 Å². The number of ether oxygens (including phenoxy) is 3. The Kier molecular flexibility index (Phi) is 6.91. The molecule has 1 aliphatic heterocycles. The van der Waals surface area contributed by atoms with Gasteiger partial charge in [-0.2, -0.15) is 0 Å². The molecular weight excluding hydrogens is 473 g/mol. The zero-order valence-corrected chi connectivity index (χ0v) is 21.2. The maximum absolute atomic E-state index is 14.5. The predicted molar refractivity (Wildman–Crippen MR) is 137 cm³/mol. The molecule has 2 aromatic heterocycles. The molecule has 0 radical (unpaired) electrons. The average Bonchev–Trinajstić information content (AvgIpc) is 3.77. The number of methoxy groups -OCH3 is 2. The minimum Gasteiger partial charge on any atom is -0.484 e. The molecule has 0 amide bonds. The fraction of sp³-hybridized carbons (Fsp3) is 0.379. The third kappa shape index (κ3) is 4.92. The van der Waals surface area contributed by atoms with Crippen molar-refractivity contribution in [1.82, 2.24) is 15.0 Å². The number of esters is 1. The Morgan fingerprint density at radius 3 is 2.70 bits per heavy atom. The largest absolute Gasteiger partial charge is 0.484 e. The molecule has 3 atom stereocenters. The standard InChI is InChI=1S/C29H30FN3O4/c1-5-22-28(20-13-26(35-3)31-14-21(20)30)32-15-23(33-22)24-11-10-17-6-9-19(12-25(17)37-24)27(18-7-8-18)16(2)29(34)36-4/h5-6,9,12-16,18,24,27H,1,7-8,10-11H2,2-4H3/t16-,24?,27-/m0/s1. The predicted octanol–water partition coefficient (Wildman–Crippen LogP) is 5.70. The summed E-state index contributed by atoms with van der Waals surface area (Å²) in [6.07, 6.45) is 7.76. The fourth-order valence-electron chi connectivity index (χ4n) is 5.19. The summed E-state index contributed by atoms with van der Waals surface area (Å²) in [5.41, 5.74) is 3.92. The Balaban J connectivity index is 1.43.